The molecule has 3 aromatic rings. The van der Waals surface area contributed by atoms with Crippen LogP contribution >= 0.6 is 0 Å². The fourth-order valence-electron chi connectivity index (χ4n) is 4.46. The largest absolute Gasteiger partial charge is 0.328 e. The first-order chi connectivity index (χ1) is 15.1. The van der Waals surface area contributed by atoms with E-state index in [1.165, 1.54) is 32.6 Å². The number of hydrogen-bond acceptors (Lipinski definition) is 3. The molecule has 156 valence electrons. The molecule has 2 N–H and O–H groups in total. The Kier molecular flexibility index (Phi) is 6.25. The second-order valence-electron chi connectivity index (χ2n) is 7.92. The van der Waals surface area contributed by atoms with E-state index < -0.39 is 8.07 Å². The standard InChI is InChI=1S/C26H26N2O2Si/c27-21(18-19-28-25(29)16-17-26(28)30)20-31(22-10-4-1-5-11-22,23-12-6-2-7-13-23)24-14-8-3-9-15-24/h1-17,21H,18-20,27H2. The highest BCUT2D eigenvalue weighted by Crippen LogP contribution is 2.17. The van der Waals surface area contributed by atoms with Gasteiger partial charge in [0.15, 0.2) is 0 Å². The van der Waals surface area contributed by atoms with Crippen molar-refractivity contribution in [3.63, 3.8) is 0 Å². The Hall–Kier alpha value is -3.28. The van der Waals surface area contributed by atoms with Crippen molar-refractivity contribution in [2.75, 3.05) is 6.54 Å². The van der Waals surface area contributed by atoms with Gasteiger partial charge in [-0.3, -0.25) is 14.5 Å². The first-order valence-electron chi connectivity index (χ1n) is 10.6. The number of carbonyl (C=O) groups excluding carboxylic acids is 2. The van der Waals surface area contributed by atoms with Gasteiger partial charge in [0.05, 0.1) is 0 Å². The summed E-state index contributed by atoms with van der Waals surface area (Å²) >= 11 is 0. The van der Waals surface area contributed by atoms with Crippen LogP contribution in [0.3, 0.4) is 0 Å². The van der Waals surface area contributed by atoms with Gasteiger partial charge in [-0.05, 0) is 28.0 Å². The maximum absolute atomic E-state index is 11.9. The maximum Gasteiger partial charge on any atom is 0.253 e. The van der Waals surface area contributed by atoms with Gasteiger partial charge in [-0.2, -0.15) is 0 Å². The third-order valence-electron chi connectivity index (χ3n) is 5.99. The molecule has 0 aliphatic carbocycles. The summed E-state index contributed by atoms with van der Waals surface area (Å²) in [7, 11) is -2.43. The maximum atomic E-state index is 11.9. The third kappa shape index (κ3) is 4.29. The van der Waals surface area contributed by atoms with Crippen molar-refractivity contribution in [1.29, 1.82) is 0 Å². The molecule has 0 saturated carbocycles. The number of benzene rings is 3. The summed E-state index contributed by atoms with van der Waals surface area (Å²) < 4.78 is 0. The Morgan fingerprint density at radius 3 is 1.45 bits per heavy atom. The van der Waals surface area contributed by atoms with Gasteiger partial charge in [-0.1, -0.05) is 91.0 Å². The van der Waals surface area contributed by atoms with Crippen molar-refractivity contribution in [2.24, 2.45) is 5.73 Å². The Bertz CT molecular complexity index is 954. The number of nitrogens with two attached hydrogens (primary N) is 1. The van der Waals surface area contributed by atoms with Crippen LogP contribution in [0.25, 0.3) is 0 Å². The van der Waals surface area contributed by atoms with Gasteiger partial charge in [0.1, 0.15) is 8.07 Å². The van der Waals surface area contributed by atoms with Gasteiger partial charge >= 0.3 is 0 Å². The molecule has 1 unspecified atom stereocenters. The highest BCUT2D eigenvalue weighted by Gasteiger charge is 2.40. The summed E-state index contributed by atoms with van der Waals surface area (Å²) in [5, 5.41) is 3.91. The second-order valence-corrected chi connectivity index (χ2v) is 11.9. The zero-order valence-electron chi connectivity index (χ0n) is 17.4. The fraction of sp³-hybridized carbons (Fsp3) is 0.154. The van der Waals surface area contributed by atoms with Crippen molar-refractivity contribution in [1.82, 2.24) is 4.90 Å². The summed E-state index contributed by atoms with van der Waals surface area (Å²) in [6.07, 6.45) is 3.22. The second kappa shape index (κ2) is 9.25. The molecule has 0 bridgehead atoms. The zero-order valence-corrected chi connectivity index (χ0v) is 18.4. The minimum Gasteiger partial charge on any atom is -0.328 e. The van der Waals surface area contributed by atoms with Crippen LogP contribution in [0.15, 0.2) is 103 Å². The highest BCUT2D eigenvalue weighted by atomic mass is 28.3. The van der Waals surface area contributed by atoms with Gasteiger partial charge in [0.2, 0.25) is 0 Å². The van der Waals surface area contributed by atoms with E-state index in [-0.39, 0.29) is 17.9 Å². The van der Waals surface area contributed by atoms with Crippen molar-refractivity contribution in [3.05, 3.63) is 103 Å². The molecule has 3 aromatic carbocycles. The predicted octanol–water partition coefficient (Wildman–Crippen LogP) is 1.80. The van der Waals surface area contributed by atoms with Crippen LogP contribution < -0.4 is 21.3 Å². The molecule has 4 rings (SSSR count). The Labute approximate surface area is 184 Å². The summed E-state index contributed by atoms with van der Waals surface area (Å²) in [5.41, 5.74) is 6.71. The number of hydrogen-bond donors (Lipinski definition) is 1. The van der Waals surface area contributed by atoms with Crippen LogP contribution in [0.1, 0.15) is 6.42 Å². The molecule has 0 saturated heterocycles. The Balaban J connectivity index is 1.72. The minimum absolute atomic E-state index is 0.159. The van der Waals surface area contributed by atoms with E-state index in [2.05, 4.69) is 72.8 Å². The van der Waals surface area contributed by atoms with E-state index in [9.17, 15) is 9.59 Å². The van der Waals surface area contributed by atoms with Crippen molar-refractivity contribution < 1.29 is 9.59 Å². The van der Waals surface area contributed by atoms with Crippen LogP contribution in [-0.4, -0.2) is 37.4 Å². The molecule has 1 heterocycles. The first kappa shape index (κ1) is 21.0. The monoisotopic (exact) mass is 426 g/mol. The topological polar surface area (TPSA) is 63.4 Å². The third-order valence-corrected chi connectivity index (χ3v) is 11.1. The molecular weight excluding hydrogens is 400 g/mol. The van der Waals surface area contributed by atoms with Crippen molar-refractivity contribution in [2.45, 2.75) is 18.5 Å². The van der Waals surface area contributed by atoms with Gasteiger partial charge < -0.3 is 5.73 Å². The number of amides is 2. The van der Waals surface area contributed by atoms with E-state index in [0.29, 0.717) is 13.0 Å². The molecule has 0 spiro atoms. The molecule has 0 aromatic heterocycles. The lowest BCUT2D eigenvalue weighted by molar-refractivity contribution is -0.136. The van der Waals surface area contributed by atoms with E-state index in [1.54, 1.807) is 0 Å². The van der Waals surface area contributed by atoms with Crippen LogP contribution in [0.4, 0.5) is 0 Å². The van der Waals surface area contributed by atoms with E-state index in [4.69, 9.17) is 5.73 Å². The van der Waals surface area contributed by atoms with Crippen LogP contribution in [0.5, 0.6) is 0 Å². The molecule has 1 aliphatic rings. The summed E-state index contributed by atoms with van der Waals surface area (Å²) in [6.45, 7) is 0.342. The van der Waals surface area contributed by atoms with E-state index >= 15 is 0 Å². The molecule has 4 nitrogen and oxygen atoms in total. The average Bonchev–Trinajstić information content (AvgIpc) is 3.15. The highest BCUT2D eigenvalue weighted by molar-refractivity contribution is 7.11. The Morgan fingerprint density at radius 1 is 0.677 bits per heavy atom. The molecule has 5 heteroatoms. The lowest BCUT2D eigenvalue weighted by Gasteiger charge is -2.36. The lowest BCUT2D eigenvalue weighted by atomic mass is 10.2. The molecule has 1 atom stereocenters. The summed E-state index contributed by atoms with van der Waals surface area (Å²) in [4.78, 5) is 25.1. The number of rotatable bonds is 8. The molecule has 31 heavy (non-hydrogen) atoms. The normalized spacial score (nSPS) is 14.8. The average molecular weight is 427 g/mol. The van der Waals surface area contributed by atoms with Gasteiger partial charge in [0, 0.05) is 24.7 Å². The Morgan fingerprint density at radius 2 is 1.06 bits per heavy atom. The molecule has 0 fully saturated rings. The quantitative estimate of drug-likeness (QED) is 0.339. The van der Waals surface area contributed by atoms with E-state index in [0.717, 1.165) is 6.04 Å². The number of nitrogens with zero attached hydrogens (tertiary/aromatic N) is 1. The summed E-state index contributed by atoms with van der Waals surface area (Å²) in [5.74, 6) is -0.509. The molecule has 0 radical (unpaired) electrons. The van der Waals surface area contributed by atoms with Gasteiger partial charge in [-0.15, -0.1) is 0 Å². The van der Waals surface area contributed by atoms with Gasteiger partial charge in [-0.25, -0.2) is 0 Å². The zero-order chi connectivity index (χ0) is 21.7. The lowest BCUT2D eigenvalue weighted by Crippen LogP contribution is -2.68. The molecular formula is C26H26N2O2Si. The number of carbonyl (C=O) groups is 2. The molecule has 1 aliphatic heterocycles. The smallest absolute Gasteiger partial charge is 0.253 e. The van der Waals surface area contributed by atoms with E-state index in [1.807, 2.05) is 18.2 Å². The van der Waals surface area contributed by atoms with Crippen molar-refractivity contribution in [3.8, 4) is 0 Å². The fourth-order valence-corrected chi connectivity index (χ4v) is 9.45. The van der Waals surface area contributed by atoms with Crippen LogP contribution in [0, 0.1) is 0 Å². The van der Waals surface area contributed by atoms with Gasteiger partial charge in [0.25, 0.3) is 11.8 Å². The summed E-state index contributed by atoms with van der Waals surface area (Å²) in [6, 6.07) is 32.5. The minimum atomic E-state index is -2.43. The van der Waals surface area contributed by atoms with Crippen molar-refractivity contribution >= 4 is 35.4 Å². The van der Waals surface area contributed by atoms with Crippen LogP contribution in [0.2, 0.25) is 6.04 Å². The predicted molar refractivity (Wildman–Crippen MR) is 127 cm³/mol. The number of imide groups is 1. The first-order valence-corrected chi connectivity index (χ1v) is 12.8. The SMILES string of the molecule is NC(CCN1C(=O)C=CC1=O)C[Si](c1ccccc1)(c1ccccc1)c1ccccc1. The van der Waals surface area contributed by atoms with Crippen LogP contribution in [-0.2, 0) is 9.59 Å². The molecule has 2 amide bonds.